The highest BCUT2D eigenvalue weighted by molar-refractivity contribution is 5.79. The van der Waals surface area contributed by atoms with E-state index in [1.165, 1.54) is 0 Å². The summed E-state index contributed by atoms with van der Waals surface area (Å²) in [4.78, 5) is 16.2. The van der Waals surface area contributed by atoms with Crippen molar-refractivity contribution >= 4 is 5.91 Å². The molecule has 100 valence electrons. The van der Waals surface area contributed by atoms with E-state index in [1.54, 1.807) is 6.20 Å². The van der Waals surface area contributed by atoms with Gasteiger partial charge in [-0.05, 0) is 33.1 Å². The van der Waals surface area contributed by atoms with Crippen LogP contribution in [0.5, 0.6) is 0 Å². The Balaban J connectivity index is 1.90. The summed E-state index contributed by atoms with van der Waals surface area (Å²) in [5.74, 6) is 1.41. The van der Waals surface area contributed by atoms with E-state index in [-0.39, 0.29) is 23.9 Å². The second-order valence-electron chi connectivity index (χ2n) is 5.16. The van der Waals surface area contributed by atoms with Gasteiger partial charge in [0, 0.05) is 12.0 Å². The van der Waals surface area contributed by atoms with Crippen LogP contribution in [0.2, 0.25) is 0 Å². The number of hydrogen-bond donors (Lipinski definition) is 2. The predicted octanol–water partition coefficient (Wildman–Crippen LogP) is 1.68. The minimum absolute atomic E-state index is 0.0345. The summed E-state index contributed by atoms with van der Waals surface area (Å²) < 4.78 is 5.40. The third-order valence-corrected chi connectivity index (χ3v) is 3.45. The SMILES string of the molecule is Cc1cnc(C(C)NC(=O)C2CCCC(N)C2)o1. The van der Waals surface area contributed by atoms with E-state index in [1.807, 2.05) is 13.8 Å². The molecule has 1 aliphatic rings. The van der Waals surface area contributed by atoms with E-state index in [0.717, 1.165) is 31.4 Å². The molecule has 3 unspecified atom stereocenters. The molecule has 1 saturated carbocycles. The predicted molar refractivity (Wildman–Crippen MR) is 67.7 cm³/mol. The van der Waals surface area contributed by atoms with Gasteiger partial charge in [-0.3, -0.25) is 4.79 Å². The van der Waals surface area contributed by atoms with E-state index in [9.17, 15) is 4.79 Å². The summed E-state index contributed by atoms with van der Waals surface area (Å²) in [7, 11) is 0. The van der Waals surface area contributed by atoms with Gasteiger partial charge in [-0.25, -0.2) is 4.98 Å². The zero-order chi connectivity index (χ0) is 13.1. The van der Waals surface area contributed by atoms with Crippen LogP contribution in [0, 0.1) is 12.8 Å². The van der Waals surface area contributed by atoms with Gasteiger partial charge >= 0.3 is 0 Å². The van der Waals surface area contributed by atoms with Crippen LogP contribution in [-0.4, -0.2) is 16.9 Å². The van der Waals surface area contributed by atoms with Gasteiger partial charge < -0.3 is 15.5 Å². The first-order chi connectivity index (χ1) is 8.56. The molecule has 18 heavy (non-hydrogen) atoms. The van der Waals surface area contributed by atoms with E-state index >= 15 is 0 Å². The molecule has 1 heterocycles. The van der Waals surface area contributed by atoms with Gasteiger partial charge in [0.1, 0.15) is 11.8 Å². The van der Waals surface area contributed by atoms with Gasteiger partial charge in [-0.15, -0.1) is 0 Å². The van der Waals surface area contributed by atoms with Crippen molar-refractivity contribution < 1.29 is 9.21 Å². The first kappa shape index (κ1) is 13.1. The number of oxazole rings is 1. The molecular formula is C13H21N3O2. The van der Waals surface area contributed by atoms with Gasteiger partial charge in [-0.1, -0.05) is 6.42 Å². The number of aromatic nitrogens is 1. The van der Waals surface area contributed by atoms with Crippen LogP contribution >= 0.6 is 0 Å². The lowest BCUT2D eigenvalue weighted by Crippen LogP contribution is -2.38. The van der Waals surface area contributed by atoms with Crippen molar-refractivity contribution in [1.29, 1.82) is 0 Å². The van der Waals surface area contributed by atoms with Crippen LogP contribution in [0.3, 0.4) is 0 Å². The molecular weight excluding hydrogens is 230 g/mol. The highest BCUT2D eigenvalue weighted by Crippen LogP contribution is 2.24. The minimum atomic E-state index is -0.190. The van der Waals surface area contributed by atoms with Crippen molar-refractivity contribution in [3.05, 3.63) is 17.8 Å². The Labute approximate surface area is 107 Å². The van der Waals surface area contributed by atoms with E-state index in [4.69, 9.17) is 10.2 Å². The van der Waals surface area contributed by atoms with Crippen LogP contribution in [-0.2, 0) is 4.79 Å². The Morgan fingerprint density at radius 2 is 2.39 bits per heavy atom. The first-order valence-electron chi connectivity index (χ1n) is 6.54. The lowest BCUT2D eigenvalue weighted by atomic mass is 9.85. The maximum absolute atomic E-state index is 12.1. The summed E-state index contributed by atoms with van der Waals surface area (Å²) in [6.45, 7) is 3.72. The topological polar surface area (TPSA) is 81.2 Å². The van der Waals surface area contributed by atoms with E-state index < -0.39 is 0 Å². The lowest BCUT2D eigenvalue weighted by molar-refractivity contribution is -0.126. The number of aryl methyl sites for hydroxylation is 1. The Morgan fingerprint density at radius 3 is 3.00 bits per heavy atom. The second kappa shape index (κ2) is 5.52. The number of rotatable bonds is 3. The molecule has 5 heteroatoms. The quantitative estimate of drug-likeness (QED) is 0.856. The standard InChI is InChI=1S/C13H21N3O2/c1-8-7-15-13(18-8)9(2)16-12(17)10-4-3-5-11(14)6-10/h7,9-11H,3-6,14H2,1-2H3,(H,16,17). The fourth-order valence-electron chi connectivity index (χ4n) is 2.43. The molecule has 0 radical (unpaired) electrons. The highest BCUT2D eigenvalue weighted by atomic mass is 16.4. The molecule has 1 amide bonds. The van der Waals surface area contributed by atoms with Crippen LogP contribution in [0.15, 0.2) is 10.6 Å². The molecule has 1 aromatic rings. The van der Waals surface area contributed by atoms with Crippen molar-refractivity contribution in [2.24, 2.45) is 11.7 Å². The molecule has 5 nitrogen and oxygen atoms in total. The fraction of sp³-hybridized carbons (Fsp3) is 0.692. The normalized spacial score (nSPS) is 25.7. The minimum Gasteiger partial charge on any atom is -0.444 e. The van der Waals surface area contributed by atoms with E-state index in [0.29, 0.717) is 5.89 Å². The third kappa shape index (κ3) is 3.10. The van der Waals surface area contributed by atoms with Crippen LogP contribution in [0.4, 0.5) is 0 Å². The molecule has 0 aliphatic heterocycles. The molecule has 3 atom stereocenters. The second-order valence-corrected chi connectivity index (χ2v) is 5.16. The third-order valence-electron chi connectivity index (χ3n) is 3.45. The highest BCUT2D eigenvalue weighted by Gasteiger charge is 2.27. The Morgan fingerprint density at radius 1 is 1.61 bits per heavy atom. The van der Waals surface area contributed by atoms with Crippen molar-refractivity contribution in [3.63, 3.8) is 0 Å². The number of carbonyl (C=O) groups excluding carboxylic acids is 1. The van der Waals surface area contributed by atoms with Gasteiger partial charge in [-0.2, -0.15) is 0 Å². The molecule has 2 rings (SSSR count). The fourth-order valence-corrected chi connectivity index (χ4v) is 2.43. The molecule has 0 spiro atoms. The molecule has 3 N–H and O–H groups in total. The van der Waals surface area contributed by atoms with Crippen molar-refractivity contribution in [3.8, 4) is 0 Å². The number of nitrogens with zero attached hydrogens (tertiary/aromatic N) is 1. The molecule has 1 aliphatic carbocycles. The summed E-state index contributed by atoms with van der Waals surface area (Å²) in [5, 5.41) is 2.95. The number of hydrogen-bond acceptors (Lipinski definition) is 4. The average Bonchev–Trinajstić information content (AvgIpc) is 2.76. The van der Waals surface area contributed by atoms with Crippen molar-refractivity contribution in [1.82, 2.24) is 10.3 Å². The zero-order valence-electron chi connectivity index (χ0n) is 11.0. The maximum Gasteiger partial charge on any atom is 0.223 e. The smallest absolute Gasteiger partial charge is 0.223 e. The van der Waals surface area contributed by atoms with Gasteiger partial charge in [0.05, 0.1) is 6.20 Å². The number of amides is 1. The van der Waals surface area contributed by atoms with Crippen LogP contribution in [0.1, 0.15) is 50.3 Å². The molecule has 0 saturated heterocycles. The molecule has 1 fully saturated rings. The molecule has 0 aromatic carbocycles. The number of nitrogens with two attached hydrogens (primary N) is 1. The summed E-state index contributed by atoms with van der Waals surface area (Å²) in [6.07, 6.45) is 5.43. The van der Waals surface area contributed by atoms with Crippen LogP contribution < -0.4 is 11.1 Å². The monoisotopic (exact) mass is 251 g/mol. The first-order valence-corrected chi connectivity index (χ1v) is 6.54. The Hall–Kier alpha value is -1.36. The van der Waals surface area contributed by atoms with Gasteiger partial charge in [0.15, 0.2) is 0 Å². The zero-order valence-corrected chi connectivity index (χ0v) is 11.0. The Bertz CT molecular complexity index is 416. The largest absolute Gasteiger partial charge is 0.444 e. The Kier molecular flexibility index (Phi) is 4.01. The van der Waals surface area contributed by atoms with Gasteiger partial charge in [0.25, 0.3) is 0 Å². The average molecular weight is 251 g/mol. The van der Waals surface area contributed by atoms with Crippen molar-refractivity contribution in [2.45, 2.75) is 51.6 Å². The number of nitrogens with one attached hydrogen (secondary N) is 1. The van der Waals surface area contributed by atoms with E-state index in [2.05, 4.69) is 10.3 Å². The van der Waals surface area contributed by atoms with Gasteiger partial charge in [0.2, 0.25) is 11.8 Å². The molecule has 1 aromatic heterocycles. The van der Waals surface area contributed by atoms with Crippen LogP contribution in [0.25, 0.3) is 0 Å². The maximum atomic E-state index is 12.1. The number of carbonyl (C=O) groups is 1. The lowest BCUT2D eigenvalue weighted by Gasteiger charge is -2.26. The van der Waals surface area contributed by atoms with Crippen molar-refractivity contribution in [2.75, 3.05) is 0 Å². The summed E-state index contributed by atoms with van der Waals surface area (Å²) >= 11 is 0. The summed E-state index contributed by atoms with van der Waals surface area (Å²) in [5.41, 5.74) is 5.90. The summed E-state index contributed by atoms with van der Waals surface area (Å²) in [6, 6.07) is -0.0295. The molecule has 0 bridgehead atoms.